The smallest absolute Gasteiger partial charge is 0.157 e. The van der Waals surface area contributed by atoms with E-state index in [0.29, 0.717) is 10.2 Å². The lowest BCUT2D eigenvalue weighted by Crippen LogP contribution is -2.11. The minimum absolute atomic E-state index is 0.0689. The van der Waals surface area contributed by atoms with Gasteiger partial charge in [-0.25, -0.2) is 4.39 Å². The van der Waals surface area contributed by atoms with Crippen molar-refractivity contribution in [2.45, 2.75) is 0 Å². The number of halogens is 2. The van der Waals surface area contributed by atoms with Crippen molar-refractivity contribution in [2.75, 3.05) is 19.0 Å². The number of hydrogen-bond donors (Lipinski definition) is 0. The monoisotopic (exact) mass is 242 g/mol. The molecule has 4 heteroatoms. The number of hydrogen-bond acceptors (Lipinski definition) is 2. The van der Waals surface area contributed by atoms with Crippen molar-refractivity contribution in [2.24, 2.45) is 0 Å². The van der Waals surface area contributed by atoms with Crippen LogP contribution in [-0.2, 0) is 0 Å². The van der Waals surface area contributed by atoms with Crippen LogP contribution >= 0.6 is 15.9 Å². The number of anilines is 1. The van der Waals surface area contributed by atoms with Gasteiger partial charge in [-0.15, -0.1) is 0 Å². The molecule has 1 aromatic carbocycles. The van der Waals surface area contributed by atoms with E-state index in [1.807, 2.05) is 6.07 Å². The van der Waals surface area contributed by atoms with Crippen LogP contribution in [0.1, 0.15) is 5.56 Å². The van der Waals surface area contributed by atoms with Gasteiger partial charge in [0.1, 0.15) is 11.6 Å². The third-order valence-corrected chi connectivity index (χ3v) is 2.28. The summed E-state index contributed by atoms with van der Waals surface area (Å²) in [5, 5.41) is 8.74. The van der Waals surface area contributed by atoms with Gasteiger partial charge in [-0.1, -0.05) is 0 Å². The van der Waals surface area contributed by atoms with Crippen molar-refractivity contribution in [3.05, 3.63) is 28.0 Å². The van der Waals surface area contributed by atoms with Crippen LogP contribution in [-0.4, -0.2) is 14.1 Å². The summed E-state index contributed by atoms with van der Waals surface area (Å²) in [4.78, 5) is 1.70. The number of nitrogens with zero attached hydrogens (tertiary/aromatic N) is 2. The summed E-state index contributed by atoms with van der Waals surface area (Å²) in [6.45, 7) is 0. The molecular weight excluding hydrogens is 235 g/mol. The normalized spacial score (nSPS) is 9.46. The Bertz CT molecular complexity index is 369. The van der Waals surface area contributed by atoms with E-state index in [4.69, 9.17) is 5.26 Å². The highest BCUT2D eigenvalue weighted by molar-refractivity contribution is 9.10. The Hall–Kier alpha value is -1.08. The van der Waals surface area contributed by atoms with Crippen LogP contribution < -0.4 is 4.90 Å². The van der Waals surface area contributed by atoms with Crippen LogP contribution in [0.15, 0.2) is 16.6 Å². The van der Waals surface area contributed by atoms with Gasteiger partial charge in [-0.3, -0.25) is 0 Å². The molecule has 0 radical (unpaired) electrons. The lowest BCUT2D eigenvalue weighted by atomic mass is 10.2. The molecule has 68 valence electrons. The maximum Gasteiger partial charge on any atom is 0.157 e. The van der Waals surface area contributed by atoms with Gasteiger partial charge in [0.05, 0.1) is 10.2 Å². The Kier molecular flexibility index (Phi) is 2.89. The molecular formula is C9H8BrFN2. The first kappa shape index (κ1) is 10.0. The molecule has 0 unspecified atom stereocenters. The van der Waals surface area contributed by atoms with Crippen LogP contribution in [0, 0.1) is 17.1 Å². The predicted octanol–water partition coefficient (Wildman–Crippen LogP) is 2.53. The molecule has 0 aliphatic heterocycles. The molecule has 0 atom stereocenters. The molecule has 0 heterocycles. The van der Waals surface area contributed by atoms with Gasteiger partial charge in [0.25, 0.3) is 0 Å². The maximum absolute atomic E-state index is 13.3. The van der Waals surface area contributed by atoms with Gasteiger partial charge in [0, 0.05) is 14.1 Å². The second-order valence-electron chi connectivity index (χ2n) is 2.76. The fourth-order valence-corrected chi connectivity index (χ4v) is 1.35. The molecule has 0 saturated heterocycles. The van der Waals surface area contributed by atoms with Crippen molar-refractivity contribution in [3.63, 3.8) is 0 Å². The first-order valence-corrected chi connectivity index (χ1v) is 4.42. The molecule has 13 heavy (non-hydrogen) atoms. The number of benzene rings is 1. The van der Waals surface area contributed by atoms with Crippen molar-refractivity contribution in [1.82, 2.24) is 0 Å². The van der Waals surface area contributed by atoms with E-state index in [-0.39, 0.29) is 5.56 Å². The fraction of sp³-hybridized carbons (Fsp3) is 0.222. The second kappa shape index (κ2) is 3.75. The van der Waals surface area contributed by atoms with E-state index in [1.54, 1.807) is 31.1 Å². The van der Waals surface area contributed by atoms with Gasteiger partial charge in [0.15, 0.2) is 5.82 Å². The van der Waals surface area contributed by atoms with E-state index in [0.717, 1.165) is 0 Å². The Morgan fingerprint density at radius 1 is 1.46 bits per heavy atom. The van der Waals surface area contributed by atoms with Crippen molar-refractivity contribution >= 4 is 21.6 Å². The standard InChI is InChI=1S/C9H8BrFN2/c1-13(2)8-4-3-7(10)9(11)6(8)5-12/h3-4H,1-2H3. The lowest BCUT2D eigenvalue weighted by molar-refractivity contribution is 0.617. The van der Waals surface area contributed by atoms with Gasteiger partial charge < -0.3 is 4.90 Å². The maximum atomic E-state index is 13.3. The quantitative estimate of drug-likeness (QED) is 0.757. The molecule has 1 rings (SSSR count). The summed E-state index contributed by atoms with van der Waals surface area (Å²) < 4.78 is 13.6. The summed E-state index contributed by atoms with van der Waals surface area (Å²) in [6.07, 6.45) is 0. The van der Waals surface area contributed by atoms with Gasteiger partial charge >= 0.3 is 0 Å². The molecule has 0 fully saturated rings. The van der Waals surface area contributed by atoms with Gasteiger partial charge in [-0.05, 0) is 28.1 Å². The Labute approximate surface area is 84.7 Å². The molecule has 0 aromatic heterocycles. The molecule has 0 spiro atoms. The largest absolute Gasteiger partial charge is 0.377 e. The lowest BCUT2D eigenvalue weighted by Gasteiger charge is -2.14. The third-order valence-electron chi connectivity index (χ3n) is 1.67. The first-order chi connectivity index (χ1) is 6.07. The average molecular weight is 243 g/mol. The van der Waals surface area contributed by atoms with Gasteiger partial charge in [0.2, 0.25) is 0 Å². The molecule has 0 aliphatic rings. The second-order valence-corrected chi connectivity index (χ2v) is 3.62. The van der Waals surface area contributed by atoms with E-state index in [2.05, 4.69) is 15.9 Å². The summed E-state index contributed by atoms with van der Waals surface area (Å²) in [5.74, 6) is -0.506. The molecule has 0 saturated carbocycles. The highest BCUT2D eigenvalue weighted by Crippen LogP contribution is 2.26. The summed E-state index contributed by atoms with van der Waals surface area (Å²) in [7, 11) is 3.53. The first-order valence-electron chi connectivity index (χ1n) is 3.63. The summed E-state index contributed by atoms with van der Waals surface area (Å²) >= 11 is 3.03. The minimum Gasteiger partial charge on any atom is -0.377 e. The van der Waals surface area contributed by atoms with Crippen molar-refractivity contribution in [3.8, 4) is 6.07 Å². The van der Waals surface area contributed by atoms with Crippen LogP contribution in [0.2, 0.25) is 0 Å². The average Bonchev–Trinajstić information content (AvgIpc) is 2.09. The van der Waals surface area contributed by atoms with E-state index in [9.17, 15) is 4.39 Å². The zero-order chi connectivity index (χ0) is 10.0. The number of rotatable bonds is 1. The van der Waals surface area contributed by atoms with Crippen LogP contribution in [0.25, 0.3) is 0 Å². The topological polar surface area (TPSA) is 27.0 Å². The third kappa shape index (κ3) is 1.81. The fourth-order valence-electron chi connectivity index (χ4n) is 1.02. The SMILES string of the molecule is CN(C)c1ccc(Br)c(F)c1C#N. The van der Waals surface area contributed by atoms with Crippen molar-refractivity contribution in [1.29, 1.82) is 5.26 Å². The number of nitriles is 1. The Morgan fingerprint density at radius 3 is 2.54 bits per heavy atom. The Balaban J connectivity index is 3.41. The Morgan fingerprint density at radius 2 is 2.08 bits per heavy atom. The highest BCUT2D eigenvalue weighted by Gasteiger charge is 2.12. The highest BCUT2D eigenvalue weighted by atomic mass is 79.9. The molecule has 0 aliphatic carbocycles. The molecule has 0 N–H and O–H groups in total. The summed E-state index contributed by atoms with van der Waals surface area (Å²) in [6, 6.07) is 5.13. The molecule has 2 nitrogen and oxygen atoms in total. The molecule has 0 bridgehead atoms. The van der Waals surface area contributed by atoms with Gasteiger partial charge in [-0.2, -0.15) is 5.26 Å². The van der Waals surface area contributed by atoms with Crippen molar-refractivity contribution < 1.29 is 4.39 Å². The van der Waals surface area contributed by atoms with E-state index >= 15 is 0 Å². The predicted molar refractivity (Wildman–Crippen MR) is 53.1 cm³/mol. The van der Waals surface area contributed by atoms with Crippen LogP contribution in [0.3, 0.4) is 0 Å². The zero-order valence-corrected chi connectivity index (χ0v) is 8.89. The van der Waals surface area contributed by atoms with Crippen LogP contribution in [0.4, 0.5) is 10.1 Å². The minimum atomic E-state index is -0.506. The zero-order valence-electron chi connectivity index (χ0n) is 7.31. The van der Waals surface area contributed by atoms with Crippen LogP contribution in [0.5, 0.6) is 0 Å². The van der Waals surface area contributed by atoms with E-state index in [1.165, 1.54) is 0 Å². The summed E-state index contributed by atoms with van der Waals surface area (Å²) in [5.41, 5.74) is 0.655. The molecule has 1 aromatic rings. The van der Waals surface area contributed by atoms with E-state index < -0.39 is 5.82 Å². The molecule has 0 amide bonds.